The van der Waals surface area contributed by atoms with Gasteiger partial charge in [-0.15, -0.1) is 11.3 Å². The standard InChI is InChI=1S/C22H20FN2O4PS.Na/c1-2-6-17-14-31-22(24-17)21(26)19-12-25(20-10-9-16(23)11-18(19)20)30(27,28)29-13-15-7-4-3-5-8-15;/h3-5,7-12,14H,2,6,13H2,1H3,(H,27,28);/q;+1/p-1. The zero-order chi connectivity index (χ0) is 22.0. The van der Waals surface area contributed by atoms with Gasteiger partial charge in [-0.05, 0) is 30.2 Å². The molecule has 32 heavy (non-hydrogen) atoms. The fourth-order valence-electron chi connectivity index (χ4n) is 3.26. The Morgan fingerprint density at radius 3 is 2.72 bits per heavy atom. The number of thiazole rings is 1. The van der Waals surface area contributed by atoms with E-state index in [4.69, 9.17) is 4.52 Å². The van der Waals surface area contributed by atoms with Crippen molar-refractivity contribution in [1.29, 1.82) is 0 Å². The molecule has 0 fully saturated rings. The van der Waals surface area contributed by atoms with Gasteiger partial charge in [-0.2, -0.15) is 0 Å². The van der Waals surface area contributed by atoms with Crippen molar-refractivity contribution in [2.75, 3.05) is 0 Å². The molecule has 0 aliphatic carbocycles. The molecule has 4 rings (SSSR count). The molecule has 10 heteroatoms. The summed E-state index contributed by atoms with van der Waals surface area (Å²) in [5.74, 6) is -1.03. The molecule has 1 atom stereocenters. The van der Waals surface area contributed by atoms with Gasteiger partial charge in [0.1, 0.15) is 5.82 Å². The maximum atomic E-state index is 14.0. The second-order valence-corrected chi connectivity index (χ2v) is 9.48. The Kier molecular flexibility index (Phi) is 8.22. The molecule has 0 saturated heterocycles. The normalized spacial score (nSPS) is 13.0. The summed E-state index contributed by atoms with van der Waals surface area (Å²) in [5, 5.41) is 2.23. The minimum absolute atomic E-state index is 0. The van der Waals surface area contributed by atoms with Crippen LogP contribution in [0.5, 0.6) is 0 Å². The first-order chi connectivity index (χ1) is 14.9. The van der Waals surface area contributed by atoms with Gasteiger partial charge in [-0.3, -0.25) is 13.7 Å². The van der Waals surface area contributed by atoms with Crippen LogP contribution in [0.15, 0.2) is 60.1 Å². The van der Waals surface area contributed by atoms with Gasteiger partial charge in [0.2, 0.25) is 13.5 Å². The van der Waals surface area contributed by atoms with Gasteiger partial charge in [-0.25, -0.2) is 9.37 Å². The number of nitrogens with zero attached hydrogens (tertiary/aromatic N) is 2. The van der Waals surface area contributed by atoms with E-state index in [2.05, 4.69) is 4.98 Å². The summed E-state index contributed by atoms with van der Waals surface area (Å²) in [5.41, 5.74) is 1.71. The number of rotatable bonds is 8. The Bertz CT molecular complexity index is 1290. The van der Waals surface area contributed by atoms with Gasteiger partial charge in [0.25, 0.3) is 0 Å². The van der Waals surface area contributed by atoms with Gasteiger partial charge in [0.05, 0.1) is 23.4 Å². The number of halogens is 1. The summed E-state index contributed by atoms with van der Waals surface area (Å²) in [6, 6.07) is 12.5. The number of aromatic nitrogens is 2. The van der Waals surface area contributed by atoms with Crippen LogP contribution in [0.25, 0.3) is 10.9 Å². The minimum atomic E-state index is -4.61. The largest absolute Gasteiger partial charge is 1.00 e. The van der Waals surface area contributed by atoms with Crippen LogP contribution in [-0.2, 0) is 22.1 Å². The second-order valence-electron chi connectivity index (χ2n) is 7.00. The third kappa shape index (κ3) is 5.29. The molecule has 160 valence electrons. The predicted molar refractivity (Wildman–Crippen MR) is 116 cm³/mol. The van der Waals surface area contributed by atoms with Crippen molar-refractivity contribution in [2.45, 2.75) is 26.4 Å². The Balaban J connectivity index is 0.00000289. The van der Waals surface area contributed by atoms with Crippen molar-refractivity contribution >= 4 is 35.8 Å². The minimum Gasteiger partial charge on any atom is -0.761 e. The van der Waals surface area contributed by atoms with E-state index in [0.717, 1.165) is 35.0 Å². The van der Waals surface area contributed by atoms with Crippen LogP contribution in [0.4, 0.5) is 4.39 Å². The molecule has 2 aromatic carbocycles. The molecule has 1 unspecified atom stereocenters. The van der Waals surface area contributed by atoms with E-state index in [1.807, 2.05) is 13.0 Å². The first-order valence-corrected chi connectivity index (χ1v) is 12.1. The van der Waals surface area contributed by atoms with Crippen LogP contribution in [0, 0.1) is 5.82 Å². The molecule has 0 aliphatic heterocycles. The van der Waals surface area contributed by atoms with E-state index in [-0.39, 0.29) is 57.6 Å². The molecular weight excluding hydrogens is 461 g/mol. The van der Waals surface area contributed by atoms with E-state index < -0.39 is 19.3 Å². The molecule has 0 saturated carbocycles. The summed E-state index contributed by atoms with van der Waals surface area (Å²) in [6.07, 6.45) is 2.81. The van der Waals surface area contributed by atoms with Crippen molar-refractivity contribution in [3.05, 3.63) is 87.8 Å². The number of benzene rings is 2. The molecule has 4 aromatic rings. The van der Waals surface area contributed by atoms with Crippen molar-refractivity contribution in [3.8, 4) is 0 Å². The zero-order valence-electron chi connectivity index (χ0n) is 17.7. The maximum absolute atomic E-state index is 14.0. The zero-order valence-corrected chi connectivity index (χ0v) is 21.4. The number of carbonyl (C=O) groups is 1. The average molecular weight is 480 g/mol. The summed E-state index contributed by atoms with van der Waals surface area (Å²) in [7, 11) is -4.61. The van der Waals surface area contributed by atoms with Crippen molar-refractivity contribution in [1.82, 2.24) is 9.32 Å². The van der Waals surface area contributed by atoms with Crippen LogP contribution >= 0.6 is 19.1 Å². The number of hydrogen-bond acceptors (Lipinski definition) is 6. The van der Waals surface area contributed by atoms with Crippen molar-refractivity contribution < 1.29 is 52.7 Å². The predicted octanol–water partition coefficient (Wildman–Crippen LogP) is 1.96. The SMILES string of the molecule is CCCc1csc(C(=O)c2cn(P(=O)([O-])OCc3ccccc3)c3ccc(F)cc23)n1.[Na+]. The summed E-state index contributed by atoms with van der Waals surface area (Å²) < 4.78 is 33.0. The van der Waals surface area contributed by atoms with Gasteiger partial charge in [-0.1, -0.05) is 43.7 Å². The fraction of sp³-hybridized carbons (Fsp3) is 0.182. The molecule has 2 aromatic heterocycles. The number of carbonyl (C=O) groups excluding carboxylic acids is 1. The van der Waals surface area contributed by atoms with Crippen molar-refractivity contribution in [2.24, 2.45) is 0 Å². The van der Waals surface area contributed by atoms with E-state index >= 15 is 0 Å². The maximum Gasteiger partial charge on any atom is 1.00 e. The van der Waals surface area contributed by atoms with E-state index in [0.29, 0.717) is 5.56 Å². The van der Waals surface area contributed by atoms with Crippen molar-refractivity contribution in [3.63, 3.8) is 0 Å². The molecule has 0 aliphatic rings. The second kappa shape index (κ2) is 10.5. The molecule has 0 amide bonds. The number of hydrogen-bond donors (Lipinski definition) is 0. The summed E-state index contributed by atoms with van der Waals surface area (Å²) in [4.78, 5) is 30.3. The smallest absolute Gasteiger partial charge is 0.761 e. The van der Waals surface area contributed by atoms with Gasteiger partial charge >= 0.3 is 29.6 Å². The number of ketones is 1. The average Bonchev–Trinajstić information content (AvgIpc) is 3.38. The van der Waals surface area contributed by atoms with Gasteiger partial charge in [0.15, 0.2) is 5.01 Å². The summed E-state index contributed by atoms with van der Waals surface area (Å²) >= 11 is 1.19. The topological polar surface area (TPSA) is 84.2 Å². The Hall–Kier alpha value is -1.64. The van der Waals surface area contributed by atoms with Crippen LogP contribution in [0.1, 0.15) is 40.0 Å². The van der Waals surface area contributed by atoms with Gasteiger partial charge < -0.3 is 9.42 Å². The first kappa shape index (κ1) is 25.0. The third-order valence-electron chi connectivity index (χ3n) is 4.74. The molecule has 0 bridgehead atoms. The molecule has 6 nitrogen and oxygen atoms in total. The van der Waals surface area contributed by atoms with E-state index in [1.54, 1.807) is 29.6 Å². The van der Waals surface area contributed by atoms with Gasteiger partial charge in [0, 0.05) is 17.0 Å². The van der Waals surface area contributed by atoms with Crippen LogP contribution in [0.2, 0.25) is 0 Å². The van der Waals surface area contributed by atoms with E-state index in [1.165, 1.54) is 23.6 Å². The fourth-order valence-corrected chi connectivity index (χ4v) is 5.20. The first-order valence-electron chi connectivity index (χ1n) is 9.69. The van der Waals surface area contributed by atoms with Crippen LogP contribution in [0.3, 0.4) is 0 Å². The Labute approximate surface area is 210 Å². The van der Waals surface area contributed by atoms with Crippen LogP contribution in [-0.4, -0.2) is 15.1 Å². The Morgan fingerprint density at radius 1 is 1.25 bits per heavy atom. The molecule has 0 spiro atoms. The quantitative estimate of drug-likeness (QED) is 0.219. The number of aryl methyl sites for hydroxylation is 1. The van der Waals surface area contributed by atoms with E-state index in [9.17, 15) is 18.6 Å². The monoisotopic (exact) mass is 480 g/mol. The Morgan fingerprint density at radius 2 is 2.00 bits per heavy atom. The van der Waals surface area contributed by atoms with Crippen LogP contribution < -0.4 is 34.5 Å². The molecular formula is C22H19FN2NaO4PS. The molecule has 0 radical (unpaired) electrons. The summed E-state index contributed by atoms with van der Waals surface area (Å²) in [6.45, 7) is 1.86. The molecule has 2 heterocycles. The number of fused-ring (bicyclic) bond motifs is 1. The molecule has 0 N–H and O–H groups in total. The third-order valence-corrected chi connectivity index (χ3v) is 6.95.